The number of aromatic amines is 1. The van der Waals surface area contributed by atoms with Crippen molar-refractivity contribution >= 4 is 11.6 Å². The van der Waals surface area contributed by atoms with Crippen molar-refractivity contribution in [2.24, 2.45) is 0 Å². The Morgan fingerprint density at radius 3 is 2.71 bits per heavy atom. The number of nitrogen functional groups attached to an aromatic ring is 1. The molecule has 2 aromatic rings. The molecule has 1 aromatic heterocycles. The van der Waals surface area contributed by atoms with Crippen molar-refractivity contribution in [3.8, 4) is 0 Å². The number of benzene rings is 1. The number of nitrogens with two attached hydrogens (primary N) is 1. The molecule has 1 unspecified atom stereocenters. The predicted molar refractivity (Wildman–Crippen MR) is 70.3 cm³/mol. The highest BCUT2D eigenvalue weighted by molar-refractivity contribution is 6.00. The maximum atomic E-state index is 12.8. The fourth-order valence-corrected chi connectivity index (χ4v) is 1.87. The van der Waals surface area contributed by atoms with E-state index in [9.17, 15) is 18.0 Å². The highest BCUT2D eigenvalue weighted by Gasteiger charge is 2.34. The summed E-state index contributed by atoms with van der Waals surface area (Å²) < 4.78 is 38.3. The molecule has 0 saturated carbocycles. The summed E-state index contributed by atoms with van der Waals surface area (Å²) in [6, 6.07) is 2.83. The molecule has 0 aliphatic heterocycles. The first-order valence-corrected chi connectivity index (χ1v) is 6.06. The van der Waals surface area contributed by atoms with Crippen molar-refractivity contribution in [1.29, 1.82) is 0 Å². The zero-order chi connectivity index (χ0) is 15.6. The average Bonchev–Trinajstić information content (AvgIpc) is 2.91. The van der Waals surface area contributed by atoms with Gasteiger partial charge < -0.3 is 11.1 Å². The first kappa shape index (κ1) is 14.9. The summed E-state index contributed by atoms with van der Waals surface area (Å²) in [6.07, 6.45) is -1.50. The summed E-state index contributed by atoms with van der Waals surface area (Å²) in [5.41, 5.74) is 4.36. The van der Waals surface area contributed by atoms with Gasteiger partial charge in [0.05, 0.1) is 29.1 Å². The van der Waals surface area contributed by atoms with E-state index in [0.29, 0.717) is 5.56 Å². The van der Waals surface area contributed by atoms with Gasteiger partial charge >= 0.3 is 6.18 Å². The summed E-state index contributed by atoms with van der Waals surface area (Å²) in [6.45, 7) is 1.69. The van der Waals surface area contributed by atoms with Gasteiger partial charge in [-0.25, -0.2) is 0 Å². The minimum absolute atomic E-state index is 0.208. The molecule has 112 valence electrons. The second-order valence-corrected chi connectivity index (χ2v) is 4.49. The van der Waals surface area contributed by atoms with Gasteiger partial charge in [-0.1, -0.05) is 6.07 Å². The highest BCUT2D eigenvalue weighted by atomic mass is 19.4. The highest BCUT2D eigenvalue weighted by Crippen LogP contribution is 2.35. The van der Waals surface area contributed by atoms with Crippen molar-refractivity contribution in [2.75, 3.05) is 5.73 Å². The number of hydrogen-bond acceptors (Lipinski definition) is 3. The van der Waals surface area contributed by atoms with Crippen LogP contribution in [0.1, 0.15) is 34.5 Å². The number of anilines is 1. The minimum Gasteiger partial charge on any atom is -0.398 e. The molecule has 21 heavy (non-hydrogen) atoms. The van der Waals surface area contributed by atoms with E-state index in [0.717, 1.165) is 12.1 Å². The SMILES string of the molecule is CC(NC(=O)c1cccc(C(F)(F)F)c1N)c1cn[nH]c1. The Hall–Kier alpha value is -2.51. The lowest BCUT2D eigenvalue weighted by Crippen LogP contribution is -2.28. The minimum atomic E-state index is -4.60. The number of para-hydroxylation sites is 1. The van der Waals surface area contributed by atoms with Gasteiger partial charge in [-0.15, -0.1) is 0 Å². The zero-order valence-electron chi connectivity index (χ0n) is 11.0. The first-order valence-electron chi connectivity index (χ1n) is 6.06. The van der Waals surface area contributed by atoms with Crippen LogP contribution in [-0.2, 0) is 6.18 Å². The maximum Gasteiger partial charge on any atom is 0.418 e. The van der Waals surface area contributed by atoms with E-state index >= 15 is 0 Å². The predicted octanol–water partition coefficient (Wildman–Crippen LogP) is 2.50. The molecule has 0 bridgehead atoms. The summed E-state index contributed by atoms with van der Waals surface area (Å²) in [5, 5.41) is 8.90. The van der Waals surface area contributed by atoms with Crippen LogP contribution >= 0.6 is 0 Å². The topological polar surface area (TPSA) is 83.8 Å². The Morgan fingerprint density at radius 2 is 2.14 bits per heavy atom. The number of nitrogens with zero attached hydrogens (tertiary/aromatic N) is 1. The maximum absolute atomic E-state index is 12.8. The molecule has 0 spiro atoms. The number of carbonyl (C=O) groups is 1. The molecule has 1 heterocycles. The molecule has 1 atom stereocenters. The fraction of sp³-hybridized carbons (Fsp3) is 0.231. The molecule has 8 heteroatoms. The van der Waals surface area contributed by atoms with Gasteiger partial charge in [-0.2, -0.15) is 18.3 Å². The van der Waals surface area contributed by atoms with E-state index in [1.54, 1.807) is 13.1 Å². The molecule has 0 saturated heterocycles. The Morgan fingerprint density at radius 1 is 1.43 bits per heavy atom. The third-order valence-electron chi connectivity index (χ3n) is 3.02. The van der Waals surface area contributed by atoms with Gasteiger partial charge in [0.15, 0.2) is 0 Å². The van der Waals surface area contributed by atoms with Gasteiger partial charge in [-0.05, 0) is 19.1 Å². The number of amides is 1. The molecule has 0 fully saturated rings. The quantitative estimate of drug-likeness (QED) is 0.761. The molecular weight excluding hydrogens is 285 g/mol. The number of alkyl halides is 3. The third-order valence-corrected chi connectivity index (χ3v) is 3.02. The first-order chi connectivity index (χ1) is 9.80. The third kappa shape index (κ3) is 3.15. The second-order valence-electron chi connectivity index (χ2n) is 4.49. The van der Waals surface area contributed by atoms with Crippen LogP contribution in [0.2, 0.25) is 0 Å². The monoisotopic (exact) mass is 298 g/mol. The van der Waals surface area contributed by atoms with Crippen molar-refractivity contribution < 1.29 is 18.0 Å². The Bertz CT molecular complexity index is 637. The molecule has 0 aliphatic rings. The molecular formula is C13H13F3N4O. The molecule has 4 N–H and O–H groups in total. The zero-order valence-corrected chi connectivity index (χ0v) is 11.0. The van der Waals surface area contributed by atoms with Gasteiger partial charge in [-0.3, -0.25) is 9.89 Å². The second kappa shape index (κ2) is 5.47. The van der Waals surface area contributed by atoms with E-state index < -0.39 is 29.4 Å². The Labute approximate surface area is 118 Å². The van der Waals surface area contributed by atoms with Crippen LogP contribution in [0.4, 0.5) is 18.9 Å². The van der Waals surface area contributed by atoms with Crippen molar-refractivity contribution in [3.05, 3.63) is 47.3 Å². The van der Waals surface area contributed by atoms with Gasteiger partial charge in [0.25, 0.3) is 5.91 Å². The summed E-state index contributed by atoms with van der Waals surface area (Å²) in [4.78, 5) is 12.1. The standard InChI is InChI=1S/C13H13F3N4O/c1-7(8-5-18-19-6-8)20-12(21)9-3-2-4-10(11(9)17)13(14,15)16/h2-7H,17H2,1H3,(H,18,19)(H,20,21). The summed E-state index contributed by atoms with van der Waals surface area (Å²) in [5.74, 6) is -0.674. The molecule has 1 aromatic carbocycles. The van der Waals surface area contributed by atoms with E-state index in [4.69, 9.17) is 5.73 Å². The summed E-state index contributed by atoms with van der Waals surface area (Å²) >= 11 is 0. The lowest BCUT2D eigenvalue weighted by molar-refractivity contribution is -0.136. The van der Waals surface area contributed by atoms with Crippen molar-refractivity contribution in [3.63, 3.8) is 0 Å². The van der Waals surface area contributed by atoms with Gasteiger partial charge in [0.1, 0.15) is 0 Å². The van der Waals surface area contributed by atoms with Crippen LogP contribution in [0.25, 0.3) is 0 Å². The normalized spacial score (nSPS) is 13.0. The molecule has 2 rings (SSSR count). The van der Waals surface area contributed by atoms with Gasteiger partial charge in [0.2, 0.25) is 0 Å². The van der Waals surface area contributed by atoms with Crippen molar-refractivity contribution in [2.45, 2.75) is 19.1 Å². The van der Waals surface area contributed by atoms with Crippen LogP contribution in [0.15, 0.2) is 30.6 Å². The van der Waals surface area contributed by atoms with E-state index in [2.05, 4.69) is 15.5 Å². The van der Waals surface area contributed by atoms with E-state index in [1.165, 1.54) is 12.3 Å². The van der Waals surface area contributed by atoms with Crippen molar-refractivity contribution in [1.82, 2.24) is 15.5 Å². The smallest absolute Gasteiger partial charge is 0.398 e. The number of H-pyrrole nitrogens is 1. The number of nitrogens with one attached hydrogen (secondary N) is 2. The van der Waals surface area contributed by atoms with Crippen LogP contribution in [-0.4, -0.2) is 16.1 Å². The lowest BCUT2D eigenvalue weighted by atomic mass is 10.1. The largest absolute Gasteiger partial charge is 0.418 e. The van der Waals surface area contributed by atoms with Crippen LogP contribution in [0.3, 0.4) is 0 Å². The molecule has 0 aliphatic carbocycles. The summed E-state index contributed by atoms with van der Waals surface area (Å²) in [7, 11) is 0. The number of rotatable bonds is 3. The Balaban J connectivity index is 2.24. The lowest BCUT2D eigenvalue weighted by Gasteiger charge is -2.16. The average molecular weight is 298 g/mol. The molecule has 5 nitrogen and oxygen atoms in total. The number of carbonyl (C=O) groups excluding carboxylic acids is 1. The number of halogens is 3. The van der Waals surface area contributed by atoms with E-state index in [-0.39, 0.29) is 5.56 Å². The number of aromatic nitrogens is 2. The molecule has 0 radical (unpaired) electrons. The fourth-order valence-electron chi connectivity index (χ4n) is 1.87. The van der Waals surface area contributed by atoms with Crippen LogP contribution in [0, 0.1) is 0 Å². The number of hydrogen-bond donors (Lipinski definition) is 3. The van der Waals surface area contributed by atoms with E-state index in [1.807, 2.05) is 0 Å². The van der Waals surface area contributed by atoms with Crippen LogP contribution < -0.4 is 11.1 Å². The van der Waals surface area contributed by atoms with Crippen LogP contribution in [0.5, 0.6) is 0 Å². The van der Waals surface area contributed by atoms with Gasteiger partial charge in [0, 0.05) is 11.8 Å². The molecule has 1 amide bonds. The Kier molecular flexibility index (Phi) is 3.88.